The molecule has 0 saturated heterocycles. The zero-order valence-electron chi connectivity index (χ0n) is 10.3. The molecule has 0 aromatic heterocycles. The lowest BCUT2D eigenvalue weighted by atomic mass is 10.0. The number of esters is 1. The van der Waals surface area contributed by atoms with E-state index in [-0.39, 0.29) is 17.6 Å². The fourth-order valence-corrected chi connectivity index (χ4v) is 1.90. The first-order valence-corrected chi connectivity index (χ1v) is 5.66. The lowest BCUT2D eigenvalue weighted by Crippen LogP contribution is -2.28. The molecule has 1 aliphatic rings. The normalized spacial score (nSPS) is 18.4. The van der Waals surface area contributed by atoms with Gasteiger partial charge in [0.05, 0.1) is 0 Å². The van der Waals surface area contributed by atoms with E-state index in [1.807, 2.05) is 20.8 Å². The molecule has 1 atom stereocenters. The van der Waals surface area contributed by atoms with E-state index in [4.69, 9.17) is 4.74 Å². The molecule has 2 N–H and O–H groups in total. The third kappa shape index (κ3) is 2.52. The number of hydrogen-bond donors (Lipinski definition) is 2. The molecule has 0 saturated carbocycles. The van der Waals surface area contributed by atoms with Crippen LogP contribution in [0.25, 0.3) is 0 Å². The van der Waals surface area contributed by atoms with Crippen LogP contribution in [0.5, 0.6) is 5.75 Å². The van der Waals surface area contributed by atoms with Crippen molar-refractivity contribution in [1.29, 1.82) is 0 Å². The summed E-state index contributed by atoms with van der Waals surface area (Å²) in [5, 5.41) is 12.6. The molecule has 0 radical (unpaired) electrons. The number of carbonyl (C=O) groups excluding carboxylic acids is 1. The van der Waals surface area contributed by atoms with Crippen molar-refractivity contribution in [1.82, 2.24) is 0 Å². The second-order valence-electron chi connectivity index (χ2n) is 5.24. The first-order chi connectivity index (χ1) is 7.87. The highest BCUT2D eigenvalue weighted by molar-refractivity contribution is 5.84. The van der Waals surface area contributed by atoms with Crippen LogP contribution in [0.3, 0.4) is 0 Å². The first-order valence-electron chi connectivity index (χ1n) is 5.66. The third-order valence-corrected chi connectivity index (χ3v) is 2.60. The molecular formula is C13H17NO3. The second kappa shape index (κ2) is 3.95. The van der Waals surface area contributed by atoms with E-state index in [2.05, 4.69) is 5.32 Å². The van der Waals surface area contributed by atoms with Crippen LogP contribution in [-0.4, -0.2) is 23.2 Å². The number of aromatic hydroxyl groups is 1. The highest BCUT2D eigenvalue weighted by Gasteiger charge is 2.32. The summed E-state index contributed by atoms with van der Waals surface area (Å²) in [7, 11) is 0. The fraction of sp³-hybridized carbons (Fsp3) is 0.462. The maximum Gasteiger partial charge on any atom is 0.315 e. The van der Waals surface area contributed by atoms with Gasteiger partial charge in [-0.3, -0.25) is 4.79 Å². The van der Waals surface area contributed by atoms with Crippen LogP contribution in [0.15, 0.2) is 18.2 Å². The molecule has 0 spiro atoms. The minimum atomic E-state index is -0.489. The molecular weight excluding hydrogens is 218 g/mol. The van der Waals surface area contributed by atoms with E-state index >= 15 is 0 Å². The molecule has 4 nitrogen and oxygen atoms in total. The summed E-state index contributed by atoms with van der Waals surface area (Å²) in [5.41, 5.74) is 1.20. The van der Waals surface area contributed by atoms with Gasteiger partial charge in [-0.2, -0.15) is 0 Å². The van der Waals surface area contributed by atoms with Gasteiger partial charge in [-0.05, 0) is 44.5 Å². The Hall–Kier alpha value is -1.71. The maximum absolute atomic E-state index is 12.0. The Bertz CT molecular complexity index is 448. The van der Waals surface area contributed by atoms with Crippen LogP contribution in [0.1, 0.15) is 32.3 Å². The highest BCUT2D eigenvalue weighted by atomic mass is 16.6. The summed E-state index contributed by atoms with van der Waals surface area (Å²) in [5.74, 6) is -0.424. The van der Waals surface area contributed by atoms with Crippen LogP contribution in [0.2, 0.25) is 0 Å². The van der Waals surface area contributed by atoms with Crippen molar-refractivity contribution in [3.8, 4) is 5.75 Å². The minimum Gasteiger partial charge on any atom is -0.508 e. The predicted molar refractivity (Wildman–Crippen MR) is 65.2 cm³/mol. The highest BCUT2D eigenvalue weighted by Crippen LogP contribution is 2.35. The van der Waals surface area contributed by atoms with Gasteiger partial charge in [0.1, 0.15) is 17.3 Å². The average molecular weight is 235 g/mol. The summed E-state index contributed by atoms with van der Waals surface area (Å²) in [6, 6.07) is 4.99. The number of benzene rings is 1. The van der Waals surface area contributed by atoms with E-state index in [9.17, 15) is 9.90 Å². The van der Waals surface area contributed by atoms with Crippen molar-refractivity contribution in [3.63, 3.8) is 0 Å². The number of ether oxygens (including phenoxy) is 1. The molecule has 1 aromatic rings. The Morgan fingerprint density at radius 3 is 2.82 bits per heavy atom. The Labute approximate surface area is 101 Å². The van der Waals surface area contributed by atoms with Gasteiger partial charge in [0.25, 0.3) is 0 Å². The molecule has 1 aliphatic heterocycles. The van der Waals surface area contributed by atoms with Crippen molar-refractivity contribution in [3.05, 3.63) is 23.8 Å². The largest absolute Gasteiger partial charge is 0.508 e. The van der Waals surface area contributed by atoms with Gasteiger partial charge in [-0.15, -0.1) is 0 Å². The van der Waals surface area contributed by atoms with E-state index < -0.39 is 5.60 Å². The van der Waals surface area contributed by atoms with Gasteiger partial charge in [0.15, 0.2) is 0 Å². The SMILES string of the molecule is CC(C)(C)OC(=O)C1CNc2ccc(O)cc21. The monoisotopic (exact) mass is 235 g/mol. The van der Waals surface area contributed by atoms with E-state index in [1.165, 1.54) is 0 Å². The van der Waals surface area contributed by atoms with Crippen LogP contribution < -0.4 is 5.32 Å². The summed E-state index contributed by atoms with van der Waals surface area (Å²) in [6.45, 7) is 6.05. The Balaban J connectivity index is 2.22. The molecule has 1 aromatic carbocycles. The summed E-state index contributed by atoms with van der Waals surface area (Å²) < 4.78 is 5.36. The number of hydrogen-bond acceptors (Lipinski definition) is 4. The predicted octanol–water partition coefficient (Wildman–Crippen LogP) is 2.24. The summed E-state index contributed by atoms with van der Waals surface area (Å²) in [4.78, 5) is 12.0. The van der Waals surface area contributed by atoms with Crippen molar-refractivity contribution < 1.29 is 14.6 Å². The summed E-state index contributed by atoms with van der Waals surface area (Å²) in [6.07, 6.45) is 0. The number of carbonyl (C=O) groups is 1. The summed E-state index contributed by atoms with van der Waals surface area (Å²) >= 11 is 0. The lowest BCUT2D eigenvalue weighted by molar-refractivity contribution is -0.156. The van der Waals surface area contributed by atoms with Crippen molar-refractivity contribution in [2.45, 2.75) is 32.3 Å². The number of nitrogens with one attached hydrogen (secondary N) is 1. The molecule has 1 heterocycles. The molecule has 92 valence electrons. The third-order valence-electron chi connectivity index (χ3n) is 2.60. The standard InChI is InChI=1S/C13H17NO3/c1-13(2,3)17-12(16)10-7-14-11-5-4-8(15)6-9(10)11/h4-6,10,14-15H,7H2,1-3H3. The average Bonchev–Trinajstić information content (AvgIpc) is 2.57. The Morgan fingerprint density at radius 2 is 2.18 bits per heavy atom. The van der Waals surface area contributed by atoms with Gasteiger partial charge in [-0.1, -0.05) is 0 Å². The van der Waals surface area contributed by atoms with E-state index in [0.29, 0.717) is 6.54 Å². The van der Waals surface area contributed by atoms with Gasteiger partial charge < -0.3 is 15.2 Å². The van der Waals surface area contributed by atoms with Gasteiger partial charge >= 0.3 is 5.97 Å². The molecule has 0 fully saturated rings. The molecule has 17 heavy (non-hydrogen) atoms. The quantitative estimate of drug-likeness (QED) is 0.579. The van der Waals surface area contributed by atoms with Crippen LogP contribution >= 0.6 is 0 Å². The van der Waals surface area contributed by atoms with Crippen molar-refractivity contribution in [2.24, 2.45) is 0 Å². The molecule has 0 bridgehead atoms. The second-order valence-corrected chi connectivity index (χ2v) is 5.24. The van der Waals surface area contributed by atoms with Gasteiger partial charge in [0, 0.05) is 12.2 Å². The molecule has 2 rings (SSSR count). The topological polar surface area (TPSA) is 58.6 Å². The van der Waals surface area contributed by atoms with Crippen LogP contribution in [0, 0.1) is 0 Å². The Morgan fingerprint density at radius 1 is 1.47 bits per heavy atom. The number of phenolic OH excluding ortho intramolecular Hbond substituents is 1. The molecule has 0 amide bonds. The number of fused-ring (bicyclic) bond motifs is 1. The molecule has 0 aliphatic carbocycles. The van der Waals surface area contributed by atoms with Crippen LogP contribution in [-0.2, 0) is 9.53 Å². The van der Waals surface area contributed by atoms with E-state index in [0.717, 1.165) is 11.3 Å². The zero-order valence-corrected chi connectivity index (χ0v) is 10.3. The van der Waals surface area contributed by atoms with Crippen molar-refractivity contribution >= 4 is 11.7 Å². The van der Waals surface area contributed by atoms with Crippen LogP contribution in [0.4, 0.5) is 5.69 Å². The van der Waals surface area contributed by atoms with Gasteiger partial charge in [0.2, 0.25) is 0 Å². The van der Waals surface area contributed by atoms with Crippen molar-refractivity contribution in [2.75, 3.05) is 11.9 Å². The Kier molecular flexibility index (Phi) is 2.73. The molecule has 4 heteroatoms. The fourth-order valence-electron chi connectivity index (χ4n) is 1.90. The lowest BCUT2D eigenvalue weighted by Gasteiger charge is -2.22. The smallest absolute Gasteiger partial charge is 0.315 e. The maximum atomic E-state index is 12.0. The zero-order chi connectivity index (χ0) is 12.6. The number of phenols is 1. The number of rotatable bonds is 1. The van der Waals surface area contributed by atoms with E-state index in [1.54, 1.807) is 18.2 Å². The first kappa shape index (κ1) is 11.8. The van der Waals surface area contributed by atoms with Gasteiger partial charge in [-0.25, -0.2) is 0 Å². The number of anilines is 1. The minimum absolute atomic E-state index is 0.168. The molecule has 1 unspecified atom stereocenters.